The lowest BCUT2D eigenvalue weighted by atomic mass is 10.1. The van der Waals surface area contributed by atoms with Crippen LogP contribution >= 0.6 is 0 Å². The van der Waals surface area contributed by atoms with Crippen molar-refractivity contribution in [3.8, 4) is 0 Å². The summed E-state index contributed by atoms with van der Waals surface area (Å²) in [5.41, 5.74) is 6.41. The Hall–Kier alpha value is -5.32. The molecule has 0 spiro atoms. The largest absolute Gasteiger partial charge is 0.394 e. The molecule has 0 saturated carbocycles. The molecule has 10 nitrogen and oxygen atoms in total. The quantitative estimate of drug-likeness (QED) is 0.0851. The molecule has 0 unspecified atom stereocenters. The molecule has 0 radical (unpaired) electrons. The van der Waals surface area contributed by atoms with E-state index in [0.717, 1.165) is 125 Å². The first kappa shape index (κ1) is 61.0. The van der Waals surface area contributed by atoms with Gasteiger partial charge in [-0.05, 0) is 124 Å². The van der Waals surface area contributed by atoms with Crippen LogP contribution in [0.2, 0.25) is 0 Å². The molecule has 4 aromatic rings. The first-order chi connectivity index (χ1) is 34.7. The van der Waals surface area contributed by atoms with Crippen LogP contribution in [-0.2, 0) is 26.2 Å². The van der Waals surface area contributed by atoms with Gasteiger partial charge in [0.05, 0.1) is 0 Å². The molecule has 396 valence electrons. The van der Waals surface area contributed by atoms with Crippen molar-refractivity contribution in [2.24, 2.45) is 0 Å². The molecule has 7 aliphatic heterocycles. The van der Waals surface area contributed by atoms with E-state index in [2.05, 4.69) is 27.7 Å². The van der Waals surface area contributed by atoms with Gasteiger partial charge in [-0.15, -0.1) is 0 Å². The Bertz CT molecular complexity index is 1810. The lowest BCUT2D eigenvalue weighted by Crippen LogP contribution is -2.33. The fourth-order valence-electron chi connectivity index (χ4n) is 8.55. The van der Waals surface area contributed by atoms with E-state index >= 15 is 0 Å². The minimum Gasteiger partial charge on any atom is -0.394 e. The number of amides is 4. The summed E-state index contributed by atoms with van der Waals surface area (Å²) in [6.45, 7) is 20.0. The lowest BCUT2D eigenvalue weighted by Gasteiger charge is -2.26. The van der Waals surface area contributed by atoms with Gasteiger partial charge in [0.1, 0.15) is 0 Å². The monoisotopic (exact) mass is 989 g/mol. The second-order valence-electron chi connectivity index (χ2n) is 20.1. The zero-order valence-electron chi connectivity index (χ0n) is 45.7. The fraction of sp³-hybridized carbons (Fsp3) is 0.548. The van der Waals surface area contributed by atoms with Crippen LogP contribution in [0.25, 0.3) is 0 Å². The second kappa shape index (κ2) is 34.9. The average Bonchev–Trinajstić information content (AvgIpc) is 3.37. The van der Waals surface area contributed by atoms with Gasteiger partial charge >= 0.3 is 0 Å². The van der Waals surface area contributed by atoms with E-state index in [4.69, 9.17) is 10.2 Å². The van der Waals surface area contributed by atoms with Crippen molar-refractivity contribution >= 4 is 23.6 Å². The molecular formula is C62H92N4O6. The molecule has 72 heavy (non-hydrogen) atoms. The number of nitrogens with zero attached hydrogens (tertiary/aromatic N) is 4. The molecule has 0 aromatic heterocycles. The number of hydrogen-bond acceptors (Lipinski definition) is 6. The van der Waals surface area contributed by atoms with Gasteiger partial charge in [0.15, 0.2) is 0 Å². The van der Waals surface area contributed by atoms with Crippen LogP contribution in [0.15, 0.2) is 97.1 Å². The topological polar surface area (TPSA) is 122 Å². The first-order valence-electron chi connectivity index (χ1n) is 27.6. The van der Waals surface area contributed by atoms with Crippen LogP contribution in [-0.4, -0.2) is 91.8 Å². The average molecular weight is 989 g/mol. The highest BCUT2D eigenvalue weighted by Crippen LogP contribution is 2.21. The minimum atomic E-state index is -0.167. The summed E-state index contributed by atoms with van der Waals surface area (Å²) in [6.07, 6.45) is 16.6. The highest BCUT2D eigenvalue weighted by Gasteiger charge is 2.22. The Morgan fingerprint density at radius 3 is 0.639 bits per heavy atom. The highest BCUT2D eigenvalue weighted by atomic mass is 16.3. The number of aliphatic hydroxyl groups is 2. The summed E-state index contributed by atoms with van der Waals surface area (Å²) >= 11 is 0. The van der Waals surface area contributed by atoms with Gasteiger partial charge < -0.3 is 29.8 Å². The molecule has 11 rings (SSSR count). The van der Waals surface area contributed by atoms with E-state index < -0.39 is 0 Å². The van der Waals surface area contributed by atoms with Crippen molar-refractivity contribution in [2.75, 3.05) is 26.2 Å². The van der Waals surface area contributed by atoms with Gasteiger partial charge in [0.2, 0.25) is 0 Å². The SMILES string of the molecule is CC(C)O.CC(C)O.CCCCCCN1Cc2ccc(cc2)C(=O)N(CCCCCC)Cc2ccc(cc2)C(=O)N(CCCCCC)Cc2ccc(cc2)C(=O)N(CCCCCC)Cc2ccc(cc2)C1=O. The summed E-state index contributed by atoms with van der Waals surface area (Å²) in [5.74, 6) is -0.0761. The third kappa shape index (κ3) is 23.0. The normalized spacial score (nSPS) is 13.7. The molecule has 4 aromatic carbocycles. The van der Waals surface area contributed by atoms with E-state index in [0.29, 0.717) is 74.6 Å². The van der Waals surface area contributed by atoms with E-state index in [1.54, 1.807) is 27.7 Å². The van der Waals surface area contributed by atoms with E-state index in [1.807, 2.05) is 117 Å². The van der Waals surface area contributed by atoms with Crippen molar-refractivity contribution in [3.63, 3.8) is 0 Å². The van der Waals surface area contributed by atoms with Crippen molar-refractivity contribution in [2.45, 2.75) is 197 Å². The first-order valence-corrected chi connectivity index (χ1v) is 27.6. The number of benzene rings is 4. The molecule has 0 aliphatic carbocycles. The van der Waals surface area contributed by atoms with Crippen molar-refractivity contribution in [1.82, 2.24) is 19.6 Å². The Labute approximate surface area is 435 Å². The molecule has 8 bridgehead atoms. The number of rotatable bonds is 20. The molecule has 10 heteroatoms. The van der Waals surface area contributed by atoms with Crippen LogP contribution in [0.1, 0.15) is 222 Å². The maximum absolute atomic E-state index is 14.2. The molecule has 2 N–H and O–H groups in total. The smallest absolute Gasteiger partial charge is 0.254 e. The van der Waals surface area contributed by atoms with Gasteiger partial charge in [0, 0.05) is 86.8 Å². The van der Waals surface area contributed by atoms with E-state index in [-0.39, 0.29) is 35.8 Å². The van der Waals surface area contributed by atoms with Gasteiger partial charge in [-0.25, -0.2) is 0 Å². The van der Waals surface area contributed by atoms with Gasteiger partial charge in [-0.3, -0.25) is 19.2 Å². The third-order valence-electron chi connectivity index (χ3n) is 12.6. The second-order valence-corrected chi connectivity index (χ2v) is 20.1. The molecule has 0 atom stereocenters. The number of aliphatic hydroxyl groups excluding tert-OH is 2. The van der Waals surface area contributed by atoms with Crippen molar-refractivity contribution < 1.29 is 29.4 Å². The summed E-state index contributed by atoms with van der Waals surface area (Å²) in [5, 5.41) is 16.1. The standard InChI is InChI=1S/C56H76N4O4.2C3H8O/c1-5-9-13-17-37-57-41-45-21-31-50(32-22-45)54(62)59(39-19-15-11-7-3)43-47-25-35-52(36-26-47)56(64)60(40-20-16-12-8-4)44-48-27-33-51(34-28-48)55(63)58(38-18-14-10-6-2)42-46-23-29-49(30-24-46)53(57)61;2*1-3(2)4/h21-36H,5-20,37-44H2,1-4H3;2*3-4H,1-2H3. The maximum Gasteiger partial charge on any atom is 0.254 e. The molecule has 4 amide bonds. The summed E-state index contributed by atoms with van der Waals surface area (Å²) in [7, 11) is 0. The van der Waals surface area contributed by atoms with E-state index in [9.17, 15) is 19.2 Å². The fourth-order valence-corrected chi connectivity index (χ4v) is 8.55. The van der Waals surface area contributed by atoms with Crippen LogP contribution in [0, 0.1) is 0 Å². The molecule has 7 aliphatic rings. The van der Waals surface area contributed by atoms with Gasteiger partial charge in [-0.1, -0.05) is 153 Å². The number of hydrogen-bond donors (Lipinski definition) is 2. The zero-order valence-corrected chi connectivity index (χ0v) is 45.7. The summed E-state index contributed by atoms with van der Waals surface area (Å²) in [6, 6.07) is 31.1. The Morgan fingerprint density at radius 2 is 0.486 bits per heavy atom. The van der Waals surface area contributed by atoms with Crippen LogP contribution in [0.3, 0.4) is 0 Å². The molecule has 0 fully saturated rings. The van der Waals surface area contributed by atoms with Gasteiger partial charge in [0.25, 0.3) is 23.6 Å². The Balaban J connectivity index is 0.00000159. The Morgan fingerprint density at radius 1 is 0.319 bits per heavy atom. The molecule has 0 saturated heterocycles. The predicted octanol–water partition coefficient (Wildman–Crippen LogP) is 13.7. The lowest BCUT2D eigenvalue weighted by molar-refractivity contribution is 0.0727. The Kier molecular flexibility index (Phi) is 29.6. The molecule has 7 heterocycles. The van der Waals surface area contributed by atoms with Crippen molar-refractivity contribution in [1.29, 1.82) is 0 Å². The predicted molar refractivity (Wildman–Crippen MR) is 296 cm³/mol. The van der Waals surface area contributed by atoms with Crippen LogP contribution in [0.5, 0.6) is 0 Å². The molecular weight excluding hydrogens is 897 g/mol. The summed E-state index contributed by atoms with van der Waals surface area (Å²) in [4.78, 5) is 64.5. The van der Waals surface area contributed by atoms with Crippen LogP contribution < -0.4 is 0 Å². The van der Waals surface area contributed by atoms with Gasteiger partial charge in [-0.2, -0.15) is 0 Å². The number of carbonyl (C=O) groups excluding carboxylic acids is 4. The maximum atomic E-state index is 14.2. The number of carbonyl (C=O) groups is 4. The highest BCUT2D eigenvalue weighted by molar-refractivity contribution is 5.96. The van der Waals surface area contributed by atoms with Crippen LogP contribution in [0.4, 0.5) is 0 Å². The van der Waals surface area contributed by atoms with E-state index in [1.165, 1.54) is 0 Å². The summed E-state index contributed by atoms with van der Waals surface area (Å²) < 4.78 is 0. The third-order valence-corrected chi connectivity index (χ3v) is 12.6. The minimum absolute atomic E-state index is 0.0190. The zero-order chi connectivity index (χ0) is 52.7. The van der Waals surface area contributed by atoms with Crippen molar-refractivity contribution in [3.05, 3.63) is 142 Å². The number of unbranched alkanes of at least 4 members (excludes halogenated alkanes) is 12.